The van der Waals surface area contributed by atoms with E-state index >= 15 is 0 Å². The Bertz CT molecular complexity index is 595. The average Bonchev–Trinajstić information content (AvgIpc) is 3.35. The fraction of sp³-hybridized carbons (Fsp3) is 0.700. The van der Waals surface area contributed by atoms with Crippen molar-refractivity contribution in [3.63, 3.8) is 0 Å². The first-order chi connectivity index (χ1) is 15.8. The van der Waals surface area contributed by atoms with Crippen LogP contribution in [-0.4, -0.2) is 12.4 Å². The van der Waals surface area contributed by atoms with Gasteiger partial charge in [-0.15, -0.1) is 0 Å². The van der Waals surface area contributed by atoms with E-state index in [4.69, 9.17) is 0 Å². The first-order valence-corrected chi connectivity index (χ1v) is 13.8. The van der Waals surface area contributed by atoms with Gasteiger partial charge in [0.2, 0.25) is 6.17 Å². The lowest BCUT2D eigenvalue weighted by molar-refractivity contribution is 0.284. The van der Waals surface area contributed by atoms with Gasteiger partial charge >= 0.3 is 0 Å². The number of rotatable bonds is 20. The summed E-state index contributed by atoms with van der Waals surface area (Å²) in [6, 6.07) is 11.1. The maximum atomic E-state index is 4.67. The zero-order valence-electron chi connectivity index (χ0n) is 21.1. The molecule has 2 heteroatoms. The van der Waals surface area contributed by atoms with Gasteiger partial charge in [-0.3, -0.25) is 0 Å². The smallest absolute Gasteiger partial charge is 0.0965 e. The van der Waals surface area contributed by atoms with E-state index in [1.807, 2.05) is 12.4 Å². The van der Waals surface area contributed by atoms with E-state index in [0.29, 0.717) is 11.8 Å². The molecule has 0 N–H and O–H groups in total. The third kappa shape index (κ3) is 11.3. The van der Waals surface area contributed by atoms with Crippen molar-refractivity contribution < 1.29 is 0 Å². The topological polar surface area (TPSA) is 24.7 Å². The van der Waals surface area contributed by atoms with Crippen LogP contribution in [0.3, 0.4) is 0 Å². The minimum atomic E-state index is 0.501. The molecule has 2 nitrogen and oxygen atoms in total. The van der Waals surface area contributed by atoms with Gasteiger partial charge in [0.1, 0.15) is 0 Å². The first kappa shape index (κ1) is 26.7. The molecule has 0 saturated carbocycles. The summed E-state index contributed by atoms with van der Waals surface area (Å²) < 4.78 is 0. The van der Waals surface area contributed by atoms with Gasteiger partial charge in [0.25, 0.3) is 0 Å². The van der Waals surface area contributed by atoms with Crippen molar-refractivity contribution in [1.82, 2.24) is 0 Å². The van der Waals surface area contributed by atoms with Crippen LogP contribution in [0, 0.1) is 18.0 Å². The Kier molecular flexibility index (Phi) is 14.9. The maximum Gasteiger partial charge on any atom is 0.244 e. The molecule has 32 heavy (non-hydrogen) atoms. The molecule has 0 radical (unpaired) electrons. The molecule has 0 aliphatic carbocycles. The van der Waals surface area contributed by atoms with Crippen molar-refractivity contribution in [2.24, 2.45) is 21.8 Å². The summed E-state index contributed by atoms with van der Waals surface area (Å²) in [4.78, 5) is 9.33. The Morgan fingerprint density at radius 2 is 1.12 bits per heavy atom. The molecule has 1 aliphatic rings. The molecule has 178 valence electrons. The molecule has 2 rings (SSSR count). The second kappa shape index (κ2) is 17.9. The highest BCUT2D eigenvalue weighted by Crippen LogP contribution is 2.36. The van der Waals surface area contributed by atoms with Gasteiger partial charge < -0.3 is 0 Å². The predicted octanol–water partition coefficient (Wildman–Crippen LogP) is 9.39. The molecule has 0 fully saturated rings. The average molecular weight is 438 g/mol. The van der Waals surface area contributed by atoms with Gasteiger partial charge in [-0.25, -0.2) is 0 Å². The number of hydrogen-bond acceptors (Lipinski definition) is 2. The van der Waals surface area contributed by atoms with E-state index in [9.17, 15) is 0 Å². The molecule has 1 aromatic carbocycles. The van der Waals surface area contributed by atoms with Crippen molar-refractivity contribution in [3.8, 4) is 0 Å². The van der Waals surface area contributed by atoms with Crippen LogP contribution >= 0.6 is 0 Å². The predicted molar refractivity (Wildman–Crippen MR) is 143 cm³/mol. The first-order valence-electron chi connectivity index (χ1n) is 13.8. The Morgan fingerprint density at radius 1 is 0.625 bits per heavy atom. The molecule has 0 saturated heterocycles. The SMILES string of the molecule is CCCCCCCCCCCCCC([C+]1N=CC=N1)C(CCCCC)Cc1ccccc1. The minimum Gasteiger partial charge on any atom is -0.0965 e. The molecule has 1 aromatic rings. The van der Waals surface area contributed by atoms with Crippen LogP contribution in [0.2, 0.25) is 0 Å². The van der Waals surface area contributed by atoms with Crippen LogP contribution in [0.5, 0.6) is 0 Å². The van der Waals surface area contributed by atoms with E-state index in [1.165, 1.54) is 108 Å². The normalized spacial score (nSPS) is 14.9. The van der Waals surface area contributed by atoms with E-state index in [2.05, 4.69) is 54.2 Å². The molecular formula is C30H49N2+. The van der Waals surface area contributed by atoms with Crippen molar-refractivity contribution in [1.29, 1.82) is 0 Å². The molecule has 0 aromatic heterocycles. The van der Waals surface area contributed by atoms with Gasteiger partial charge in [0.05, 0.1) is 5.92 Å². The Balaban J connectivity index is 1.77. The second-order valence-corrected chi connectivity index (χ2v) is 9.79. The fourth-order valence-electron chi connectivity index (χ4n) is 5.07. The molecule has 0 spiro atoms. The third-order valence-corrected chi connectivity index (χ3v) is 7.02. The molecule has 1 heterocycles. The lowest BCUT2D eigenvalue weighted by Gasteiger charge is -2.26. The Morgan fingerprint density at radius 3 is 1.72 bits per heavy atom. The number of benzene rings is 1. The van der Waals surface area contributed by atoms with Crippen LogP contribution in [-0.2, 0) is 6.42 Å². The lowest BCUT2D eigenvalue weighted by atomic mass is 9.78. The lowest BCUT2D eigenvalue weighted by Crippen LogP contribution is -2.22. The summed E-state index contributed by atoms with van der Waals surface area (Å²) in [5.74, 6) is 1.15. The van der Waals surface area contributed by atoms with Gasteiger partial charge in [0.15, 0.2) is 12.4 Å². The molecule has 1 aliphatic heterocycles. The van der Waals surface area contributed by atoms with Gasteiger partial charge in [-0.1, -0.05) is 144 Å². The number of unbranched alkanes of at least 4 members (excludes halogenated alkanes) is 12. The maximum absolute atomic E-state index is 4.67. The zero-order valence-corrected chi connectivity index (χ0v) is 21.1. The van der Waals surface area contributed by atoms with Crippen molar-refractivity contribution in [2.45, 2.75) is 123 Å². The van der Waals surface area contributed by atoms with Gasteiger partial charge in [-0.2, -0.15) is 0 Å². The molecule has 0 bridgehead atoms. The van der Waals surface area contributed by atoms with Gasteiger partial charge in [0, 0.05) is 0 Å². The summed E-state index contributed by atoms with van der Waals surface area (Å²) in [5.41, 5.74) is 1.46. The highest BCUT2D eigenvalue weighted by molar-refractivity contribution is 6.18. The molecule has 2 atom stereocenters. The summed E-state index contributed by atoms with van der Waals surface area (Å²) >= 11 is 0. The van der Waals surface area contributed by atoms with Crippen LogP contribution < -0.4 is 0 Å². The van der Waals surface area contributed by atoms with E-state index in [0.717, 1.165) is 12.6 Å². The largest absolute Gasteiger partial charge is 0.244 e. The Labute approximate surface area is 199 Å². The summed E-state index contributed by atoms with van der Waals surface area (Å²) in [6.45, 7) is 4.60. The Hall–Kier alpha value is -1.57. The number of hydrogen-bond donors (Lipinski definition) is 0. The van der Waals surface area contributed by atoms with E-state index in [-0.39, 0.29) is 0 Å². The minimum absolute atomic E-state index is 0.501. The third-order valence-electron chi connectivity index (χ3n) is 7.02. The van der Waals surface area contributed by atoms with Crippen molar-refractivity contribution >= 4 is 12.4 Å². The fourth-order valence-corrected chi connectivity index (χ4v) is 5.07. The van der Waals surface area contributed by atoms with E-state index < -0.39 is 0 Å². The van der Waals surface area contributed by atoms with Crippen LogP contribution in [0.4, 0.5) is 0 Å². The van der Waals surface area contributed by atoms with Crippen molar-refractivity contribution in [3.05, 3.63) is 42.1 Å². The highest BCUT2D eigenvalue weighted by atomic mass is 15.0. The quantitative estimate of drug-likeness (QED) is 0.143. The van der Waals surface area contributed by atoms with Crippen LogP contribution in [0.1, 0.15) is 122 Å². The zero-order chi connectivity index (χ0) is 22.7. The van der Waals surface area contributed by atoms with E-state index in [1.54, 1.807) is 0 Å². The van der Waals surface area contributed by atoms with Crippen molar-refractivity contribution in [2.75, 3.05) is 0 Å². The van der Waals surface area contributed by atoms with Gasteiger partial charge in [-0.05, 0) is 30.7 Å². The summed E-state index contributed by atoms with van der Waals surface area (Å²) in [6.07, 6.45) is 27.9. The molecule has 2 unspecified atom stereocenters. The monoisotopic (exact) mass is 437 g/mol. The van der Waals surface area contributed by atoms with Crippen LogP contribution in [0.15, 0.2) is 40.3 Å². The number of aliphatic imine (C=N–C) groups is 2. The standard InChI is InChI=1S/C30H49N2/c1-3-5-7-8-9-10-11-12-13-14-19-23-29(30-31-24-25-32-30)28(22-16-6-4-2)26-27-20-17-15-18-21-27/h15,17-18,20-21,24-25,28-29H,3-14,16,19,22-23,26H2,1-2H3/q+1. The molecular weight excluding hydrogens is 388 g/mol. The summed E-state index contributed by atoms with van der Waals surface area (Å²) in [7, 11) is 0. The highest BCUT2D eigenvalue weighted by Gasteiger charge is 2.35. The van der Waals surface area contributed by atoms with Crippen LogP contribution in [0.25, 0.3) is 0 Å². The number of nitrogens with zero attached hydrogens (tertiary/aromatic N) is 2. The molecule has 0 amide bonds. The summed E-state index contributed by atoms with van der Waals surface area (Å²) in [5, 5.41) is 0. The second-order valence-electron chi connectivity index (χ2n) is 9.79.